The van der Waals surface area contributed by atoms with Crippen LogP contribution in [0.3, 0.4) is 0 Å². The number of carbonyl (C=O) groups is 3. The van der Waals surface area contributed by atoms with E-state index in [9.17, 15) is 14.4 Å². The summed E-state index contributed by atoms with van der Waals surface area (Å²) in [6, 6.07) is 6.40. The molecule has 0 atom stereocenters. The normalized spacial score (nSPS) is 10.8. The molecule has 132 valence electrons. The minimum absolute atomic E-state index is 0.00371. The van der Waals surface area contributed by atoms with Crippen molar-refractivity contribution >= 4 is 23.6 Å². The lowest BCUT2D eigenvalue weighted by Gasteiger charge is -2.20. The molecule has 1 N–H and O–H groups in total. The maximum atomic E-state index is 12.3. The molecule has 0 saturated carbocycles. The van der Waals surface area contributed by atoms with Gasteiger partial charge in [-0.3, -0.25) is 14.9 Å². The first-order chi connectivity index (χ1) is 11.0. The van der Waals surface area contributed by atoms with Crippen LogP contribution in [0.25, 0.3) is 0 Å². The second-order valence-electron chi connectivity index (χ2n) is 6.65. The van der Waals surface area contributed by atoms with Crippen LogP contribution in [-0.2, 0) is 9.53 Å². The van der Waals surface area contributed by atoms with Gasteiger partial charge in [0.1, 0.15) is 5.60 Å². The Morgan fingerprint density at radius 2 is 1.58 bits per heavy atom. The molecule has 1 rings (SSSR count). The molecule has 0 aliphatic rings. The van der Waals surface area contributed by atoms with Crippen LogP contribution in [0, 0.1) is 0 Å². The molecule has 1 aromatic carbocycles. The first kappa shape index (κ1) is 19.5. The molecule has 0 bridgehead atoms. The van der Waals surface area contributed by atoms with Crippen molar-refractivity contribution in [1.29, 1.82) is 0 Å². The molecule has 7 nitrogen and oxygen atoms in total. The molecular weight excluding hydrogens is 310 g/mol. The quantitative estimate of drug-likeness (QED) is 0.915. The van der Waals surface area contributed by atoms with Gasteiger partial charge in [-0.15, -0.1) is 0 Å². The standard InChI is InChI=1S/C17H25N3O4/c1-17(2,3)24-16(23)18-13-9-7-12(8-10-13)15(22)20(6)11-14(21)19(4)5/h7-10H,11H2,1-6H3,(H,18,23). The zero-order chi connectivity index (χ0) is 18.5. The topological polar surface area (TPSA) is 79.0 Å². The number of amides is 3. The van der Waals surface area contributed by atoms with E-state index in [1.807, 2.05) is 0 Å². The summed E-state index contributed by atoms with van der Waals surface area (Å²) in [5.41, 5.74) is 0.369. The minimum atomic E-state index is -0.582. The number of nitrogens with one attached hydrogen (secondary N) is 1. The van der Waals surface area contributed by atoms with Gasteiger partial charge in [0.2, 0.25) is 5.91 Å². The number of ether oxygens (including phenoxy) is 1. The molecule has 0 radical (unpaired) electrons. The predicted molar refractivity (Wildman–Crippen MR) is 92.0 cm³/mol. The second kappa shape index (κ2) is 7.81. The Morgan fingerprint density at radius 3 is 2.04 bits per heavy atom. The molecule has 0 heterocycles. The van der Waals surface area contributed by atoms with Crippen molar-refractivity contribution in [2.75, 3.05) is 33.0 Å². The predicted octanol–water partition coefficient (Wildman–Crippen LogP) is 2.19. The zero-order valence-corrected chi connectivity index (χ0v) is 15.0. The van der Waals surface area contributed by atoms with Crippen LogP contribution in [0.1, 0.15) is 31.1 Å². The van der Waals surface area contributed by atoms with E-state index in [2.05, 4.69) is 5.32 Å². The number of carbonyl (C=O) groups excluding carboxylic acids is 3. The number of likely N-dealkylation sites (N-methyl/N-ethyl adjacent to an activating group) is 2. The van der Waals surface area contributed by atoms with Crippen molar-refractivity contribution in [3.05, 3.63) is 29.8 Å². The van der Waals surface area contributed by atoms with Crippen LogP contribution in [0.15, 0.2) is 24.3 Å². The fourth-order valence-corrected chi connectivity index (χ4v) is 1.75. The molecule has 0 aliphatic carbocycles. The lowest BCUT2D eigenvalue weighted by Crippen LogP contribution is -2.37. The third kappa shape index (κ3) is 6.28. The molecule has 1 aromatic rings. The van der Waals surface area contributed by atoms with Crippen LogP contribution in [0.4, 0.5) is 10.5 Å². The van der Waals surface area contributed by atoms with Gasteiger partial charge in [-0.1, -0.05) is 0 Å². The van der Waals surface area contributed by atoms with Crippen LogP contribution in [0.2, 0.25) is 0 Å². The van der Waals surface area contributed by atoms with E-state index in [4.69, 9.17) is 4.74 Å². The van der Waals surface area contributed by atoms with Gasteiger partial charge in [0.25, 0.3) is 5.91 Å². The molecule has 0 aliphatic heterocycles. The Morgan fingerprint density at radius 1 is 1.04 bits per heavy atom. The highest BCUT2D eigenvalue weighted by atomic mass is 16.6. The molecule has 24 heavy (non-hydrogen) atoms. The van der Waals surface area contributed by atoms with E-state index in [1.54, 1.807) is 66.2 Å². The first-order valence-corrected chi connectivity index (χ1v) is 7.55. The third-order valence-corrected chi connectivity index (χ3v) is 3.00. The second-order valence-corrected chi connectivity index (χ2v) is 6.65. The summed E-state index contributed by atoms with van der Waals surface area (Å²) in [6.45, 7) is 5.33. The summed E-state index contributed by atoms with van der Waals surface area (Å²) in [5.74, 6) is -0.428. The minimum Gasteiger partial charge on any atom is -0.444 e. The lowest BCUT2D eigenvalue weighted by molar-refractivity contribution is -0.129. The van der Waals surface area contributed by atoms with Crippen molar-refractivity contribution in [3.63, 3.8) is 0 Å². The largest absolute Gasteiger partial charge is 0.444 e. The third-order valence-electron chi connectivity index (χ3n) is 3.00. The fourth-order valence-electron chi connectivity index (χ4n) is 1.75. The number of hydrogen-bond donors (Lipinski definition) is 1. The zero-order valence-electron chi connectivity index (χ0n) is 15.0. The van der Waals surface area contributed by atoms with Gasteiger partial charge in [-0.25, -0.2) is 4.79 Å². The molecule has 0 fully saturated rings. The van der Waals surface area contributed by atoms with Gasteiger partial charge < -0.3 is 14.5 Å². The molecule has 7 heteroatoms. The van der Waals surface area contributed by atoms with Crippen LogP contribution < -0.4 is 5.32 Å². The summed E-state index contributed by atoms with van der Waals surface area (Å²) in [6.07, 6.45) is -0.560. The average molecular weight is 335 g/mol. The monoisotopic (exact) mass is 335 g/mol. The smallest absolute Gasteiger partial charge is 0.412 e. The molecule has 0 unspecified atom stereocenters. The van der Waals surface area contributed by atoms with Crippen molar-refractivity contribution in [3.8, 4) is 0 Å². The van der Waals surface area contributed by atoms with Crippen molar-refractivity contribution in [2.24, 2.45) is 0 Å². The van der Waals surface area contributed by atoms with Gasteiger partial charge >= 0.3 is 6.09 Å². The molecule has 0 spiro atoms. The summed E-state index contributed by atoms with van der Waals surface area (Å²) in [5, 5.41) is 2.59. The summed E-state index contributed by atoms with van der Waals surface area (Å²) >= 11 is 0. The van der Waals surface area contributed by atoms with E-state index in [-0.39, 0.29) is 18.4 Å². The molecule has 0 saturated heterocycles. The highest BCUT2D eigenvalue weighted by Crippen LogP contribution is 2.14. The Hall–Kier alpha value is -2.57. The number of hydrogen-bond acceptors (Lipinski definition) is 4. The van der Waals surface area contributed by atoms with Crippen molar-refractivity contribution < 1.29 is 19.1 Å². The van der Waals surface area contributed by atoms with Crippen LogP contribution in [-0.4, -0.2) is 61.0 Å². The summed E-state index contributed by atoms with van der Waals surface area (Å²) in [7, 11) is 4.84. The van der Waals surface area contributed by atoms with Gasteiger partial charge in [-0.2, -0.15) is 0 Å². The number of nitrogens with zero attached hydrogens (tertiary/aromatic N) is 2. The Kier molecular flexibility index (Phi) is 6.34. The summed E-state index contributed by atoms with van der Waals surface area (Å²) < 4.78 is 5.16. The fraction of sp³-hybridized carbons (Fsp3) is 0.471. The molecule has 0 aromatic heterocycles. The average Bonchev–Trinajstić information content (AvgIpc) is 2.44. The van der Waals surface area contributed by atoms with E-state index in [0.29, 0.717) is 11.3 Å². The number of benzene rings is 1. The Labute approximate surface area is 142 Å². The van der Waals surface area contributed by atoms with Crippen LogP contribution in [0.5, 0.6) is 0 Å². The van der Waals surface area contributed by atoms with E-state index in [1.165, 1.54) is 9.80 Å². The van der Waals surface area contributed by atoms with Crippen molar-refractivity contribution in [2.45, 2.75) is 26.4 Å². The Balaban J connectivity index is 2.68. The van der Waals surface area contributed by atoms with Gasteiger partial charge in [0.05, 0.1) is 6.54 Å². The van der Waals surface area contributed by atoms with Gasteiger partial charge in [-0.05, 0) is 45.0 Å². The number of anilines is 1. The van der Waals surface area contributed by atoms with Crippen LogP contribution >= 0.6 is 0 Å². The highest BCUT2D eigenvalue weighted by Gasteiger charge is 2.18. The van der Waals surface area contributed by atoms with E-state index >= 15 is 0 Å². The highest BCUT2D eigenvalue weighted by molar-refractivity contribution is 5.97. The molecule has 3 amide bonds. The molecular formula is C17H25N3O4. The lowest BCUT2D eigenvalue weighted by atomic mass is 10.2. The van der Waals surface area contributed by atoms with Crippen molar-refractivity contribution in [1.82, 2.24) is 9.80 Å². The number of rotatable bonds is 4. The maximum Gasteiger partial charge on any atom is 0.412 e. The summed E-state index contributed by atoms with van der Waals surface area (Å²) in [4.78, 5) is 38.4. The first-order valence-electron chi connectivity index (χ1n) is 7.55. The van der Waals surface area contributed by atoms with Gasteiger partial charge in [0.15, 0.2) is 0 Å². The van der Waals surface area contributed by atoms with Gasteiger partial charge in [0, 0.05) is 32.4 Å². The van der Waals surface area contributed by atoms with E-state index < -0.39 is 11.7 Å². The maximum absolute atomic E-state index is 12.3. The SMILES string of the molecule is CN(C)C(=O)CN(C)C(=O)c1ccc(NC(=O)OC(C)(C)C)cc1. The Bertz CT molecular complexity index is 603. The van der Waals surface area contributed by atoms with E-state index in [0.717, 1.165) is 0 Å².